The second kappa shape index (κ2) is 6.43. The molecule has 116 valence electrons. The molecule has 1 heterocycles. The lowest BCUT2D eigenvalue weighted by Gasteiger charge is -2.35. The highest BCUT2D eigenvalue weighted by Crippen LogP contribution is 2.31. The van der Waals surface area contributed by atoms with E-state index in [2.05, 4.69) is 16.8 Å². The molecule has 1 aromatic rings. The van der Waals surface area contributed by atoms with Crippen LogP contribution >= 0.6 is 0 Å². The molecular formula is C16H24FN3O. The van der Waals surface area contributed by atoms with Crippen LogP contribution in [0.2, 0.25) is 0 Å². The van der Waals surface area contributed by atoms with Crippen LogP contribution in [0.15, 0.2) is 24.3 Å². The predicted octanol–water partition coefficient (Wildman–Crippen LogP) is 1.54. The molecular weight excluding hydrogens is 269 g/mol. The minimum absolute atomic E-state index is 0.366. The number of amides is 1. The normalized spacial score (nSPS) is 19.3. The standard InChI is InChI=1S/C16H24FN3O/c1-3-16(12-17,15(18)21)13-5-4-6-14(11-13)20-9-7-19(2)8-10-20/h4-6,11H,3,7-10,12H2,1-2H3,(H2,18,21). The number of primary amides is 1. The van der Waals surface area contributed by atoms with Crippen molar-refractivity contribution in [1.29, 1.82) is 0 Å². The van der Waals surface area contributed by atoms with Crippen molar-refractivity contribution in [3.8, 4) is 0 Å². The van der Waals surface area contributed by atoms with Gasteiger partial charge in [0.25, 0.3) is 0 Å². The number of carbonyl (C=O) groups is 1. The lowest BCUT2D eigenvalue weighted by Crippen LogP contribution is -2.45. The van der Waals surface area contributed by atoms with E-state index in [4.69, 9.17) is 5.73 Å². The van der Waals surface area contributed by atoms with Crippen LogP contribution in [0.3, 0.4) is 0 Å². The summed E-state index contributed by atoms with van der Waals surface area (Å²) < 4.78 is 13.6. The maximum Gasteiger partial charge on any atom is 0.230 e. The molecule has 0 aromatic heterocycles. The zero-order valence-corrected chi connectivity index (χ0v) is 12.8. The molecule has 1 aliphatic rings. The van der Waals surface area contributed by atoms with Crippen molar-refractivity contribution >= 4 is 11.6 Å². The van der Waals surface area contributed by atoms with Crippen LogP contribution in [0.5, 0.6) is 0 Å². The Hall–Kier alpha value is -1.62. The first kappa shape index (κ1) is 15.8. The van der Waals surface area contributed by atoms with Crippen molar-refractivity contribution in [1.82, 2.24) is 4.90 Å². The maximum absolute atomic E-state index is 13.6. The predicted molar refractivity (Wildman–Crippen MR) is 83.3 cm³/mol. The molecule has 4 nitrogen and oxygen atoms in total. The second-order valence-corrected chi connectivity index (χ2v) is 5.77. The maximum atomic E-state index is 13.6. The molecule has 21 heavy (non-hydrogen) atoms. The van der Waals surface area contributed by atoms with Crippen molar-refractivity contribution in [3.63, 3.8) is 0 Å². The van der Waals surface area contributed by atoms with Crippen molar-refractivity contribution in [2.24, 2.45) is 5.73 Å². The van der Waals surface area contributed by atoms with Crippen LogP contribution < -0.4 is 10.6 Å². The SMILES string of the molecule is CCC(CF)(C(N)=O)c1cccc(N2CCN(C)CC2)c1. The summed E-state index contributed by atoms with van der Waals surface area (Å²) in [7, 11) is 2.10. The Kier molecular flexibility index (Phi) is 4.83. The highest BCUT2D eigenvalue weighted by molar-refractivity contribution is 5.87. The molecule has 2 N–H and O–H groups in total. The molecule has 1 saturated heterocycles. The van der Waals surface area contributed by atoms with Gasteiger partial charge in [0, 0.05) is 31.9 Å². The molecule has 1 aliphatic heterocycles. The zero-order valence-electron chi connectivity index (χ0n) is 12.8. The number of alkyl halides is 1. The van der Waals surface area contributed by atoms with Gasteiger partial charge in [-0.05, 0) is 31.2 Å². The van der Waals surface area contributed by atoms with E-state index in [-0.39, 0.29) is 0 Å². The van der Waals surface area contributed by atoms with Gasteiger partial charge in [0.2, 0.25) is 5.91 Å². The number of nitrogens with two attached hydrogens (primary N) is 1. The highest BCUT2D eigenvalue weighted by Gasteiger charge is 2.37. The molecule has 0 radical (unpaired) electrons. The number of anilines is 1. The Labute approximate surface area is 125 Å². The summed E-state index contributed by atoms with van der Waals surface area (Å²) in [4.78, 5) is 16.3. The van der Waals surface area contributed by atoms with E-state index in [1.54, 1.807) is 13.0 Å². The van der Waals surface area contributed by atoms with Gasteiger partial charge < -0.3 is 15.5 Å². The van der Waals surface area contributed by atoms with Gasteiger partial charge in [0.05, 0.1) is 0 Å². The largest absolute Gasteiger partial charge is 0.369 e. The Balaban J connectivity index is 2.30. The van der Waals surface area contributed by atoms with Crippen molar-refractivity contribution in [3.05, 3.63) is 29.8 Å². The van der Waals surface area contributed by atoms with Crippen molar-refractivity contribution in [2.45, 2.75) is 18.8 Å². The number of hydrogen-bond donors (Lipinski definition) is 1. The van der Waals surface area contributed by atoms with E-state index in [9.17, 15) is 9.18 Å². The summed E-state index contributed by atoms with van der Waals surface area (Å²) in [6.45, 7) is 4.92. The third-order valence-corrected chi connectivity index (χ3v) is 4.57. The van der Waals surface area contributed by atoms with Crippen LogP contribution in [-0.2, 0) is 10.2 Å². The Morgan fingerprint density at radius 3 is 2.52 bits per heavy atom. The average molecular weight is 293 g/mol. The minimum Gasteiger partial charge on any atom is -0.369 e. The number of nitrogens with zero attached hydrogens (tertiary/aromatic N) is 2. The molecule has 1 fully saturated rings. The quantitative estimate of drug-likeness (QED) is 0.896. The van der Waals surface area contributed by atoms with Crippen molar-refractivity contribution in [2.75, 3.05) is 44.8 Å². The molecule has 1 atom stereocenters. The summed E-state index contributed by atoms with van der Waals surface area (Å²) in [6, 6.07) is 7.60. The number of rotatable bonds is 5. The van der Waals surface area contributed by atoms with Crippen molar-refractivity contribution < 1.29 is 9.18 Å². The minimum atomic E-state index is -1.21. The number of carbonyl (C=O) groups excluding carboxylic acids is 1. The number of likely N-dealkylation sites (N-methyl/N-ethyl adjacent to an activating group) is 1. The van der Waals surface area contributed by atoms with Crippen LogP contribution in [0, 0.1) is 0 Å². The molecule has 0 spiro atoms. The average Bonchev–Trinajstić information content (AvgIpc) is 2.50. The smallest absolute Gasteiger partial charge is 0.230 e. The van der Waals surface area contributed by atoms with Gasteiger partial charge in [0.15, 0.2) is 0 Å². The fraction of sp³-hybridized carbons (Fsp3) is 0.562. The number of piperazine rings is 1. The zero-order chi connectivity index (χ0) is 15.5. The van der Waals surface area contributed by atoms with Crippen LogP contribution in [0.25, 0.3) is 0 Å². The first-order chi connectivity index (χ1) is 10.0. The van der Waals surface area contributed by atoms with Crippen LogP contribution in [0.1, 0.15) is 18.9 Å². The van der Waals surface area contributed by atoms with Crippen LogP contribution in [0.4, 0.5) is 10.1 Å². The van der Waals surface area contributed by atoms with Gasteiger partial charge >= 0.3 is 0 Å². The lowest BCUT2D eigenvalue weighted by atomic mass is 9.78. The summed E-state index contributed by atoms with van der Waals surface area (Å²) in [5, 5.41) is 0. The van der Waals surface area contributed by atoms with Gasteiger partial charge in [-0.2, -0.15) is 0 Å². The lowest BCUT2D eigenvalue weighted by molar-refractivity contribution is -0.124. The number of halogens is 1. The summed E-state index contributed by atoms with van der Waals surface area (Å²) in [6.07, 6.45) is 0.366. The third-order valence-electron chi connectivity index (χ3n) is 4.57. The third kappa shape index (κ3) is 3.02. The number of hydrogen-bond acceptors (Lipinski definition) is 3. The van der Waals surface area contributed by atoms with E-state index in [0.717, 1.165) is 31.9 Å². The number of benzene rings is 1. The molecule has 1 aromatic carbocycles. The highest BCUT2D eigenvalue weighted by atomic mass is 19.1. The molecule has 1 amide bonds. The fourth-order valence-electron chi connectivity index (χ4n) is 2.82. The molecule has 1 unspecified atom stereocenters. The summed E-state index contributed by atoms with van der Waals surface area (Å²) in [5.41, 5.74) is 5.98. The summed E-state index contributed by atoms with van der Waals surface area (Å²) >= 11 is 0. The van der Waals surface area contributed by atoms with E-state index in [0.29, 0.717) is 12.0 Å². The van der Waals surface area contributed by atoms with Gasteiger partial charge in [0.1, 0.15) is 12.1 Å². The van der Waals surface area contributed by atoms with Gasteiger partial charge in [-0.15, -0.1) is 0 Å². The summed E-state index contributed by atoms with van der Waals surface area (Å²) in [5.74, 6) is -0.594. The second-order valence-electron chi connectivity index (χ2n) is 5.77. The van der Waals surface area contributed by atoms with E-state index in [1.165, 1.54) is 0 Å². The topological polar surface area (TPSA) is 49.6 Å². The molecule has 5 heteroatoms. The van der Waals surface area contributed by atoms with E-state index in [1.807, 2.05) is 18.2 Å². The van der Waals surface area contributed by atoms with Gasteiger partial charge in [-0.25, -0.2) is 4.39 Å². The molecule has 0 bridgehead atoms. The Morgan fingerprint density at radius 2 is 2.00 bits per heavy atom. The van der Waals surface area contributed by atoms with Crippen LogP contribution in [-0.4, -0.2) is 50.7 Å². The molecule has 0 saturated carbocycles. The monoisotopic (exact) mass is 293 g/mol. The first-order valence-corrected chi connectivity index (χ1v) is 7.43. The molecule has 2 rings (SSSR count). The van der Waals surface area contributed by atoms with Gasteiger partial charge in [-0.1, -0.05) is 19.1 Å². The molecule has 0 aliphatic carbocycles. The van der Waals surface area contributed by atoms with E-state index < -0.39 is 18.0 Å². The fourth-order valence-corrected chi connectivity index (χ4v) is 2.82. The Morgan fingerprint density at radius 1 is 1.33 bits per heavy atom. The van der Waals surface area contributed by atoms with Gasteiger partial charge in [-0.3, -0.25) is 4.79 Å². The van der Waals surface area contributed by atoms with E-state index >= 15 is 0 Å². The Bertz CT molecular complexity index is 494. The first-order valence-electron chi connectivity index (χ1n) is 7.43.